The standard InChI is InChI=1S/C50H93O12P/c1-3-5-7-9-11-13-15-17-19-21-22-23-25-27-29-31-33-35-37-39-44(51)61-43(42-60-63(57,58)62-50-48(55)46(53)45(52)47(54)49(50)56)41-59-40-38-36-34-32-30-28-26-24-20-18-16-14-12-10-8-6-4-2/h11,13,17,19,22-23,43,45-50,52-56H,3-10,12,14-16,18,20-21,24-42H2,1-2H3,(H,57,58)/b13-11-,19-17-,23-22-. The monoisotopic (exact) mass is 917 g/mol. The van der Waals surface area contributed by atoms with Gasteiger partial charge in [-0.2, -0.15) is 0 Å². The number of carbonyl (C=O) groups is 1. The number of ether oxygens (including phenoxy) is 2. The summed E-state index contributed by atoms with van der Waals surface area (Å²) in [5, 5.41) is 50.3. The average Bonchev–Trinajstić information content (AvgIpc) is 3.27. The molecule has 1 fully saturated rings. The van der Waals surface area contributed by atoms with Crippen LogP contribution < -0.4 is 0 Å². The number of allylic oxidation sites excluding steroid dienone is 6. The van der Waals surface area contributed by atoms with Crippen LogP contribution in [0.3, 0.4) is 0 Å². The van der Waals surface area contributed by atoms with Crippen LogP contribution in [0, 0.1) is 0 Å². The molecule has 0 aromatic carbocycles. The first-order chi connectivity index (χ1) is 30.5. The van der Waals surface area contributed by atoms with Crippen LogP contribution in [0.15, 0.2) is 36.5 Å². The van der Waals surface area contributed by atoms with Gasteiger partial charge in [0.2, 0.25) is 0 Å². The van der Waals surface area contributed by atoms with Crippen LogP contribution in [-0.4, -0.2) is 98.9 Å². The third-order valence-electron chi connectivity index (χ3n) is 11.8. The molecule has 63 heavy (non-hydrogen) atoms. The summed E-state index contributed by atoms with van der Waals surface area (Å²) in [6.07, 6.45) is 36.3. The van der Waals surface area contributed by atoms with Crippen LogP contribution in [-0.2, 0) is 27.9 Å². The molecule has 1 aliphatic carbocycles. The van der Waals surface area contributed by atoms with E-state index in [0.717, 1.165) is 70.6 Å². The van der Waals surface area contributed by atoms with Crippen molar-refractivity contribution in [2.75, 3.05) is 19.8 Å². The summed E-state index contributed by atoms with van der Waals surface area (Å²) in [7, 11) is -5.02. The molecule has 12 nitrogen and oxygen atoms in total. The molecule has 1 rings (SSSR count). The highest BCUT2D eigenvalue weighted by atomic mass is 31.2. The topological polar surface area (TPSA) is 192 Å². The number of hydrogen-bond donors (Lipinski definition) is 6. The Labute approximate surface area is 382 Å². The zero-order valence-corrected chi connectivity index (χ0v) is 40.5. The van der Waals surface area contributed by atoms with Crippen LogP contribution in [0.4, 0.5) is 0 Å². The van der Waals surface area contributed by atoms with Crippen LogP contribution in [0.5, 0.6) is 0 Å². The summed E-state index contributed by atoms with van der Waals surface area (Å²) < 4.78 is 34.3. The fourth-order valence-corrected chi connectivity index (χ4v) is 8.69. The van der Waals surface area contributed by atoms with Gasteiger partial charge in [-0.15, -0.1) is 0 Å². The van der Waals surface area contributed by atoms with Crippen LogP contribution in [0.1, 0.15) is 213 Å². The van der Waals surface area contributed by atoms with Gasteiger partial charge in [-0.05, 0) is 51.4 Å². The second-order valence-corrected chi connectivity index (χ2v) is 19.1. The quantitative estimate of drug-likeness (QED) is 0.0147. The molecular weight excluding hydrogens is 824 g/mol. The van der Waals surface area contributed by atoms with Crippen molar-refractivity contribution in [3.05, 3.63) is 36.5 Å². The van der Waals surface area contributed by atoms with Gasteiger partial charge < -0.3 is 39.9 Å². The summed E-state index contributed by atoms with van der Waals surface area (Å²) in [4.78, 5) is 23.2. The first kappa shape index (κ1) is 59.6. The van der Waals surface area contributed by atoms with E-state index in [0.29, 0.717) is 13.0 Å². The van der Waals surface area contributed by atoms with Crippen molar-refractivity contribution in [1.82, 2.24) is 0 Å². The van der Waals surface area contributed by atoms with Gasteiger partial charge in [-0.25, -0.2) is 4.57 Å². The summed E-state index contributed by atoms with van der Waals surface area (Å²) >= 11 is 0. The Morgan fingerprint density at radius 1 is 0.508 bits per heavy atom. The molecule has 0 heterocycles. The Balaban J connectivity index is 2.36. The molecule has 0 aliphatic heterocycles. The van der Waals surface area contributed by atoms with Gasteiger partial charge in [0, 0.05) is 13.0 Å². The van der Waals surface area contributed by atoms with Crippen molar-refractivity contribution in [3.63, 3.8) is 0 Å². The maximum atomic E-state index is 12.8. The second kappa shape index (κ2) is 40.8. The van der Waals surface area contributed by atoms with Gasteiger partial charge in [-0.3, -0.25) is 13.8 Å². The summed E-state index contributed by atoms with van der Waals surface area (Å²) in [6.45, 7) is 4.25. The van der Waals surface area contributed by atoms with Gasteiger partial charge in [0.1, 0.15) is 42.7 Å². The van der Waals surface area contributed by atoms with Crippen LogP contribution >= 0.6 is 7.82 Å². The molecule has 0 bridgehead atoms. The predicted molar refractivity (Wildman–Crippen MR) is 253 cm³/mol. The lowest BCUT2D eigenvalue weighted by molar-refractivity contribution is -0.220. The Bertz CT molecular complexity index is 1180. The molecule has 6 atom stereocenters. The molecule has 0 saturated heterocycles. The third-order valence-corrected chi connectivity index (χ3v) is 12.8. The molecule has 13 heteroatoms. The van der Waals surface area contributed by atoms with E-state index < -0.39 is 63.1 Å². The summed E-state index contributed by atoms with van der Waals surface area (Å²) in [5.74, 6) is -0.487. The first-order valence-electron chi connectivity index (χ1n) is 25.3. The molecule has 1 saturated carbocycles. The van der Waals surface area contributed by atoms with E-state index in [-0.39, 0.29) is 13.0 Å². The number of rotatable bonds is 43. The number of hydrogen-bond acceptors (Lipinski definition) is 11. The van der Waals surface area contributed by atoms with Crippen molar-refractivity contribution in [2.24, 2.45) is 0 Å². The van der Waals surface area contributed by atoms with Gasteiger partial charge in [-0.1, -0.05) is 192 Å². The Hall–Kier alpha value is -1.44. The second-order valence-electron chi connectivity index (χ2n) is 17.7. The van der Waals surface area contributed by atoms with E-state index in [4.69, 9.17) is 18.5 Å². The minimum absolute atomic E-state index is 0.0792. The number of phosphoric ester groups is 1. The van der Waals surface area contributed by atoms with Gasteiger partial charge in [0.15, 0.2) is 0 Å². The lowest BCUT2D eigenvalue weighted by Crippen LogP contribution is -2.64. The largest absolute Gasteiger partial charge is 0.472 e. The average molecular weight is 917 g/mol. The van der Waals surface area contributed by atoms with E-state index in [9.17, 15) is 39.8 Å². The summed E-state index contributed by atoms with van der Waals surface area (Å²) in [5.41, 5.74) is 0. The SMILES string of the molecule is CCCCC/C=C\C/C=C\C/C=C\CCCCCCCCC(=O)OC(COCCCCCCCCCCCCCCCCCCC)COP(=O)(O)OC1C(O)C(O)C(O)C(O)C1O. The minimum atomic E-state index is -5.02. The van der Waals surface area contributed by atoms with Crippen LogP contribution in [0.2, 0.25) is 0 Å². The molecular formula is C50H93O12P. The molecule has 0 radical (unpaired) electrons. The van der Waals surface area contributed by atoms with Crippen molar-refractivity contribution in [3.8, 4) is 0 Å². The number of phosphoric acid groups is 1. The predicted octanol–water partition coefficient (Wildman–Crippen LogP) is 11.0. The van der Waals surface area contributed by atoms with E-state index in [1.807, 2.05) is 0 Å². The fourth-order valence-electron chi connectivity index (χ4n) is 7.72. The van der Waals surface area contributed by atoms with Crippen molar-refractivity contribution in [1.29, 1.82) is 0 Å². The van der Waals surface area contributed by atoms with E-state index in [2.05, 4.69) is 50.3 Å². The number of carbonyl (C=O) groups excluding carboxylic acids is 1. The molecule has 0 amide bonds. The molecule has 6 unspecified atom stereocenters. The smallest absolute Gasteiger partial charge is 0.457 e. The number of aliphatic hydroxyl groups excluding tert-OH is 5. The van der Waals surface area contributed by atoms with Crippen molar-refractivity contribution in [2.45, 2.75) is 256 Å². The zero-order valence-electron chi connectivity index (χ0n) is 39.6. The highest BCUT2D eigenvalue weighted by Gasteiger charge is 2.51. The number of esters is 1. The maximum Gasteiger partial charge on any atom is 0.472 e. The molecule has 0 aromatic rings. The lowest BCUT2D eigenvalue weighted by atomic mass is 9.85. The van der Waals surface area contributed by atoms with Crippen molar-refractivity contribution >= 4 is 13.8 Å². The normalized spacial score (nSPS) is 22.1. The molecule has 1 aliphatic rings. The first-order valence-corrected chi connectivity index (χ1v) is 26.8. The Kier molecular flexibility index (Phi) is 38.6. The fraction of sp³-hybridized carbons (Fsp3) is 0.860. The van der Waals surface area contributed by atoms with E-state index >= 15 is 0 Å². The van der Waals surface area contributed by atoms with E-state index in [1.54, 1.807) is 0 Å². The third kappa shape index (κ3) is 32.8. The van der Waals surface area contributed by atoms with Gasteiger partial charge in [0.25, 0.3) is 0 Å². The van der Waals surface area contributed by atoms with E-state index in [1.165, 1.54) is 116 Å². The molecule has 6 N–H and O–H groups in total. The number of unbranched alkanes of at least 4 members (excludes halogenated alkanes) is 25. The van der Waals surface area contributed by atoms with Gasteiger partial charge >= 0.3 is 13.8 Å². The molecule has 370 valence electrons. The van der Waals surface area contributed by atoms with Crippen molar-refractivity contribution < 1.29 is 58.3 Å². The minimum Gasteiger partial charge on any atom is -0.457 e. The number of aliphatic hydroxyl groups is 5. The Morgan fingerprint density at radius 3 is 1.38 bits per heavy atom. The molecule has 0 spiro atoms. The Morgan fingerprint density at radius 2 is 0.889 bits per heavy atom. The lowest BCUT2D eigenvalue weighted by Gasteiger charge is -2.41. The summed E-state index contributed by atoms with van der Waals surface area (Å²) in [6, 6.07) is 0. The maximum absolute atomic E-state index is 12.8. The zero-order chi connectivity index (χ0) is 46.2. The highest BCUT2D eigenvalue weighted by molar-refractivity contribution is 7.47. The van der Waals surface area contributed by atoms with Gasteiger partial charge in [0.05, 0.1) is 13.2 Å². The van der Waals surface area contributed by atoms with Crippen LogP contribution in [0.25, 0.3) is 0 Å². The molecule has 0 aromatic heterocycles. The highest BCUT2D eigenvalue weighted by Crippen LogP contribution is 2.47.